The highest BCUT2D eigenvalue weighted by atomic mass is 32.2. The standard InChI is InChI=1S/C17H21NO3S/c1-4-5-14-7-9-15(10-8-14)22(19,20)18-16-12-13(2)6-11-17(16)21-3/h6-12,18H,4-5H2,1-3H3. The van der Waals surface area contributed by atoms with E-state index in [9.17, 15) is 8.42 Å². The number of anilines is 1. The van der Waals surface area contributed by atoms with Gasteiger partial charge in [0, 0.05) is 0 Å². The number of sulfonamides is 1. The average molecular weight is 319 g/mol. The molecule has 0 atom stereocenters. The highest BCUT2D eigenvalue weighted by molar-refractivity contribution is 7.92. The van der Waals surface area contributed by atoms with Gasteiger partial charge in [0.1, 0.15) is 5.75 Å². The molecule has 0 aliphatic carbocycles. The van der Waals surface area contributed by atoms with Crippen molar-refractivity contribution in [1.29, 1.82) is 0 Å². The van der Waals surface area contributed by atoms with Crippen LogP contribution in [0.5, 0.6) is 5.75 Å². The number of hydrogen-bond donors (Lipinski definition) is 1. The van der Waals surface area contributed by atoms with Crippen LogP contribution in [0.2, 0.25) is 0 Å². The van der Waals surface area contributed by atoms with Crippen LogP contribution in [-0.4, -0.2) is 15.5 Å². The number of benzene rings is 2. The average Bonchev–Trinajstić information content (AvgIpc) is 2.48. The molecule has 0 aliphatic rings. The zero-order chi connectivity index (χ0) is 16.2. The molecule has 22 heavy (non-hydrogen) atoms. The second-order valence-electron chi connectivity index (χ2n) is 5.20. The van der Waals surface area contributed by atoms with Crippen molar-refractivity contribution in [1.82, 2.24) is 0 Å². The Hall–Kier alpha value is -2.01. The van der Waals surface area contributed by atoms with E-state index in [1.54, 1.807) is 24.3 Å². The molecular weight excluding hydrogens is 298 g/mol. The second kappa shape index (κ2) is 6.83. The van der Waals surface area contributed by atoms with Crippen LogP contribution in [-0.2, 0) is 16.4 Å². The molecule has 2 rings (SSSR count). The van der Waals surface area contributed by atoms with Gasteiger partial charge in [-0.05, 0) is 48.7 Å². The lowest BCUT2D eigenvalue weighted by Crippen LogP contribution is -2.13. The third-order valence-corrected chi connectivity index (χ3v) is 4.75. The largest absolute Gasteiger partial charge is 0.495 e. The predicted octanol–water partition coefficient (Wildman–Crippen LogP) is 3.76. The molecule has 0 saturated carbocycles. The van der Waals surface area contributed by atoms with Crippen LogP contribution >= 0.6 is 0 Å². The lowest BCUT2D eigenvalue weighted by Gasteiger charge is -2.13. The van der Waals surface area contributed by atoms with Gasteiger partial charge >= 0.3 is 0 Å². The van der Waals surface area contributed by atoms with Gasteiger partial charge in [-0.25, -0.2) is 8.42 Å². The summed E-state index contributed by atoms with van der Waals surface area (Å²) in [6.07, 6.45) is 1.98. The smallest absolute Gasteiger partial charge is 0.262 e. The topological polar surface area (TPSA) is 55.4 Å². The Morgan fingerprint density at radius 2 is 1.77 bits per heavy atom. The maximum Gasteiger partial charge on any atom is 0.262 e. The molecular formula is C17H21NO3S. The summed E-state index contributed by atoms with van der Waals surface area (Å²) in [7, 11) is -2.11. The van der Waals surface area contributed by atoms with Crippen molar-refractivity contribution >= 4 is 15.7 Å². The van der Waals surface area contributed by atoms with Gasteiger partial charge in [-0.3, -0.25) is 4.72 Å². The molecule has 5 heteroatoms. The van der Waals surface area contributed by atoms with E-state index in [1.165, 1.54) is 7.11 Å². The lowest BCUT2D eigenvalue weighted by molar-refractivity contribution is 0.417. The van der Waals surface area contributed by atoms with Crippen molar-refractivity contribution in [3.63, 3.8) is 0 Å². The number of ether oxygens (including phenoxy) is 1. The van der Waals surface area contributed by atoms with Gasteiger partial charge in [-0.1, -0.05) is 31.5 Å². The molecule has 0 radical (unpaired) electrons. The van der Waals surface area contributed by atoms with Gasteiger partial charge in [0.15, 0.2) is 0 Å². The van der Waals surface area contributed by atoms with E-state index in [1.807, 2.05) is 25.1 Å². The van der Waals surface area contributed by atoms with Crippen molar-refractivity contribution in [2.75, 3.05) is 11.8 Å². The summed E-state index contributed by atoms with van der Waals surface area (Å²) in [6.45, 7) is 3.99. The molecule has 0 unspecified atom stereocenters. The van der Waals surface area contributed by atoms with Gasteiger partial charge in [-0.15, -0.1) is 0 Å². The SMILES string of the molecule is CCCc1ccc(S(=O)(=O)Nc2cc(C)ccc2OC)cc1. The van der Waals surface area contributed by atoms with Gasteiger partial charge in [0.25, 0.3) is 10.0 Å². The molecule has 0 amide bonds. The number of methoxy groups -OCH3 is 1. The highest BCUT2D eigenvalue weighted by Gasteiger charge is 2.16. The first-order chi connectivity index (χ1) is 10.5. The van der Waals surface area contributed by atoms with E-state index >= 15 is 0 Å². The van der Waals surface area contributed by atoms with Crippen molar-refractivity contribution in [2.45, 2.75) is 31.6 Å². The minimum atomic E-state index is -3.62. The highest BCUT2D eigenvalue weighted by Crippen LogP contribution is 2.27. The summed E-state index contributed by atoms with van der Waals surface area (Å²) in [5.74, 6) is 0.497. The van der Waals surface area contributed by atoms with Crippen LogP contribution < -0.4 is 9.46 Å². The van der Waals surface area contributed by atoms with Crippen LogP contribution in [0.3, 0.4) is 0 Å². The molecule has 2 aromatic carbocycles. The van der Waals surface area contributed by atoms with Crippen molar-refractivity contribution in [3.8, 4) is 5.75 Å². The first-order valence-electron chi connectivity index (χ1n) is 7.22. The minimum absolute atomic E-state index is 0.246. The fourth-order valence-corrected chi connectivity index (χ4v) is 3.29. The molecule has 0 aromatic heterocycles. The van der Waals surface area contributed by atoms with Gasteiger partial charge < -0.3 is 4.74 Å². The summed E-state index contributed by atoms with van der Waals surface area (Å²) in [6, 6.07) is 12.3. The van der Waals surface area contributed by atoms with Crippen LogP contribution in [0.15, 0.2) is 47.4 Å². The van der Waals surface area contributed by atoms with E-state index in [-0.39, 0.29) is 4.90 Å². The van der Waals surface area contributed by atoms with Gasteiger partial charge in [0.05, 0.1) is 17.7 Å². The number of nitrogens with one attached hydrogen (secondary N) is 1. The number of rotatable bonds is 6. The van der Waals surface area contributed by atoms with Crippen LogP contribution in [0, 0.1) is 6.92 Å². The Morgan fingerprint density at radius 3 is 2.36 bits per heavy atom. The second-order valence-corrected chi connectivity index (χ2v) is 6.89. The summed E-state index contributed by atoms with van der Waals surface area (Å²) < 4.78 is 32.8. The normalized spacial score (nSPS) is 11.2. The van der Waals surface area contributed by atoms with Crippen LogP contribution in [0.4, 0.5) is 5.69 Å². The minimum Gasteiger partial charge on any atom is -0.495 e. The lowest BCUT2D eigenvalue weighted by atomic mass is 10.1. The quantitative estimate of drug-likeness (QED) is 0.882. The molecule has 0 fully saturated rings. The Balaban J connectivity index is 2.29. The molecule has 0 bridgehead atoms. The van der Waals surface area contributed by atoms with E-state index in [0.717, 1.165) is 24.0 Å². The summed E-state index contributed by atoms with van der Waals surface area (Å²) in [5, 5.41) is 0. The molecule has 2 aromatic rings. The number of hydrogen-bond acceptors (Lipinski definition) is 3. The molecule has 0 heterocycles. The molecule has 0 saturated heterocycles. The summed E-state index contributed by atoms with van der Waals surface area (Å²) in [4.78, 5) is 0.246. The molecule has 1 N–H and O–H groups in total. The Labute approximate surface area is 132 Å². The Morgan fingerprint density at radius 1 is 1.09 bits per heavy atom. The predicted molar refractivity (Wildman–Crippen MR) is 89.0 cm³/mol. The fourth-order valence-electron chi connectivity index (χ4n) is 2.23. The first kappa shape index (κ1) is 16.4. The van der Waals surface area contributed by atoms with E-state index in [4.69, 9.17) is 4.74 Å². The molecule has 0 aliphatic heterocycles. The molecule has 4 nitrogen and oxygen atoms in total. The van der Waals surface area contributed by atoms with Gasteiger partial charge in [0.2, 0.25) is 0 Å². The zero-order valence-electron chi connectivity index (χ0n) is 13.1. The van der Waals surface area contributed by atoms with Crippen molar-refractivity contribution < 1.29 is 13.2 Å². The molecule has 118 valence electrons. The van der Waals surface area contributed by atoms with Crippen LogP contribution in [0.1, 0.15) is 24.5 Å². The summed E-state index contributed by atoms with van der Waals surface area (Å²) >= 11 is 0. The van der Waals surface area contributed by atoms with E-state index < -0.39 is 10.0 Å². The first-order valence-corrected chi connectivity index (χ1v) is 8.71. The molecule has 0 spiro atoms. The van der Waals surface area contributed by atoms with E-state index in [0.29, 0.717) is 11.4 Å². The maximum atomic E-state index is 12.5. The number of aryl methyl sites for hydroxylation is 2. The van der Waals surface area contributed by atoms with Crippen molar-refractivity contribution in [3.05, 3.63) is 53.6 Å². The third-order valence-electron chi connectivity index (χ3n) is 3.37. The zero-order valence-corrected chi connectivity index (χ0v) is 13.9. The van der Waals surface area contributed by atoms with Crippen molar-refractivity contribution in [2.24, 2.45) is 0 Å². The Kier molecular flexibility index (Phi) is 5.08. The summed E-state index contributed by atoms with van der Waals surface area (Å²) in [5.41, 5.74) is 2.53. The van der Waals surface area contributed by atoms with E-state index in [2.05, 4.69) is 11.6 Å². The monoisotopic (exact) mass is 319 g/mol. The maximum absolute atomic E-state index is 12.5. The third kappa shape index (κ3) is 3.80. The Bertz CT molecular complexity index is 737. The van der Waals surface area contributed by atoms with Gasteiger partial charge in [-0.2, -0.15) is 0 Å². The van der Waals surface area contributed by atoms with Crippen LogP contribution in [0.25, 0.3) is 0 Å². The fraction of sp³-hybridized carbons (Fsp3) is 0.294.